The highest BCUT2D eigenvalue weighted by Crippen LogP contribution is 2.37. The van der Waals surface area contributed by atoms with Gasteiger partial charge in [-0.3, -0.25) is 4.99 Å². The van der Waals surface area contributed by atoms with Gasteiger partial charge in [-0.25, -0.2) is 0 Å². The molecule has 1 aromatic heterocycles. The van der Waals surface area contributed by atoms with Crippen molar-refractivity contribution in [2.24, 2.45) is 4.99 Å². The molecule has 0 saturated heterocycles. The molecular formula is C22H31N3O. The molecule has 4 nitrogen and oxygen atoms in total. The van der Waals surface area contributed by atoms with Gasteiger partial charge in [0.2, 0.25) is 0 Å². The van der Waals surface area contributed by atoms with Crippen molar-refractivity contribution in [1.29, 1.82) is 0 Å². The number of aromatic nitrogens is 1. The highest BCUT2D eigenvalue weighted by atomic mass is 16.5. The molecule has 2 aliphatic rings. The zero-order chi connectivity index (χ0) is 18.5. The van der Waals surface area contributed by atoms with E-state index in [0.29, 0.717) is 6.61 Å². The third kappa shape index (κ3) is 3.70. The molecule has 0 amide bonds. The summed E-state index contributed by atoms with van der Waals surface area (Å²) in [6.07, 6.45) is 12.3. The Balaban J connectivity index is 1.93. The van der Waals surface area contributed by atoms with Gasteiger partial charge in [0, 0.05) is 25.6 Å². The van der Waals surface area contributed by atoms with E-state index < -0.39 is 0 Å². The quantitative estimate of drug-likeness (QED) is 0.645. The lowest BCUT2D eigenvalue weighted by molar-refractivity contribution is 0.114. The van der Waals surface area contributed by atoms with Gasteiger partial charge in [0.1, 0.15) is 6.10 Å². The second kappa shape index (κ2) is 8.54. The molecule has 0 spiro atoms. The molecule has 1 unspecified atom stereocenters. The minimum Gasteiger partial charge on any atom is -0.368 e. The van der Waals surface area contributed by atoms with Crippen LogP contribution in [0.1, 0.15) is 58.6 Å². The highest BCUT2D eigenvalue weighted by molar-refractivity contribution is 6.03. The van der Waals surface area contributed by atoms with Crippen LogP contribution < -0.4 is 0 Å². The molecule has 4 heteroatoms. The first kappa shape index (κ1) is 18.7. The van der Waals surface area contributed by atoms with Gasteiger partial charge < -0.3 is 14.6 Å². The Labute approximate surface area is 157 Å². The first-order valence-electron chi connectivity index (χ1n) is 9.93. The lowest BCUT2D eigenvalue weighted by Gasteiger charge is -2.21. The number of rotatable bonds is 8. The zero-order valence-electron chi connectivity index (χ0n) is 16.5. The van der Waals surface area contributed by atoms with Crippen molar-refractivity contribution in [3.05, 3.63) is 53.1 Å². The van der Waals surface area contributed by atoms with Crippen LogP contribution >= 0.6 is 0 Å². The number of allylic oxidation sites excluding steroid dienone is 2. The van der Waals surface area contributed by atoms with Gasteiger partial charge in [-0.05, 0) is 56.0 Å². The fourth-order valence-electron chi connectivity index (χ4n) is 3.76. The summed E-state index contributed by atoms with van der Waals surface area (Å²) in [6.45, 7) is 7.17. The fourth-order valence-corrected chi connectivity index (χ4v) is 3.76. The van der Waals surface area contributed by atoms with Crippen molar-refractivity contribution in [2.45, 2.75) is 59.0 Å². The van der Waals surface area contributed by atoms with Crippen LogP contribution in [0, 0.1) is 0 Å². The summed E-state index contributed by atoms with van der Waals surface area (Å²) in [5.74, 6) is 0. The van der Waals surface area contributed by atoms with Crippen molar-refractivity contribution in [3.63, 3.8) is 0 Å². The molecule has 0 bridgehead atoms. The molecule has 0 fully saturated rings. The molecule has 3 rings (SSSR count). The number of ether oxygens (including phenoxy) is 1. The predicted octanol–water partition coefficient (Wildman–Crippen LogP) is 5.29. The van der Waals surface area contributed by atoms with Gasteiger partial charge in [0.15, 0.2) is 0 Å². The fraction of sp³-hybridized carbons (Fsp3) is 0.500. The van der Waals surface area contributed by atoms with Crippen molar-refractivity contribution in [3.8, 4) is 0 Å². The van der Waals surface area contributed by atoms with Gasteiger partial charge in [-0.1, -0.05) is 26.7 Å². The zero-order valence-corrected chi connectivity index (χ0v) is 16.5. The lowest BCUT2D eigenvalue weighted by atomic mass is 10.0. The molecule has 0 radical (unpaired) electrons. The molecule has 3 heterocycles. The van der Waals surface area contributed by atoms with Crippen molar-refractivity contribution < 1.29 is 4.74 Å². The Bertz CT molecular complexity index is 737. The predicted molar refractivity (Wildman–Crippen MR) is 109 cm³/mol. The number of hydrogen-bond acceptors (Lipinski definition) is 3. The molecule has 26 heavy (non-hydrogen) atoms. The molecule has 1 aromatic rings. The molecule has 0 aliphatic carbocycles. The average molecular weight is 354 g/mol. The SMILES string of the molecule is CCCCCC1=CC(=C2C(OCC)C=C(c3ccc[nH]3)N2C)N=C1CC. The molecular weight excluding hydrogens is 322 g/mol. The summed E-state index contributed by atoms with van der Waals surface area (Å²) in [5.41, 5.74) is 7.11. The standard InChI is InChI=1S/C22H31N3O/c1-5-8-9-11-16-14-19(24-17(16)6-2)22-21(26-7-3)15-20(25(22)4)18-12-10-13-23-18/h10,12-15,21,23H,5-9,11H2,1-4H3. The Kier molecular flexibility index (Phi) is 6.15. The molecule has 0 saturated carbocycles. The van der Waals surface area contributed by atoms with Crippen LogP contribution in [0.2, 0.25) is 0 Å². The number of unbranched alkanes of at least 4 members (excludes halogenated alkanes) is 2. The third-order valence-electron chi connectivity index (χ3n) is 5.11. The largest absolute Gasteiger partial charge is 0.368 e. The maximum atomic E-state index is 6.04. The second-order valence-electron chi connectivity index (χ2n) is 6.88. The minimum absolute atomic E-state index is 0.0496. The van der Waals surface area contributed by atoms with Crippen LogP contribution in [0.3, 0.4) is 0 Å². The maximum Gasteiger partial charge on any atom is 0.120 e. The van der Waals surface area contributed by atoms with Gasteiger partial charge in [0.25, 0.3) is 0 Å². The van der Waals surface area contributed by atoms with Crippen LogP contribution in [0.15, 0.2) is 52.4 Å². The number of nitrogens with zero attached hydrogens (tertiary/aromatic N) is 2. The molecule has 0 aromatic carbocycles. The van der Waals surface area contributed by atoms with E-state index in [2.05, 4.69) is 49.0 Å². The van der Waals surface area contributed by atoms with Gasteiger partial charge >= 0.3 is 0 Å². The molecule has 140 valence electrons. The Morgan fingerprint density at radius 3 is 2.73 bits per heavy atom. The topological polar surface area (TPSA) is 40.6 Å². The Hall–Kier alpha value is -2.07. The van der Waals surface area contributed by atoms with Crippen LogP contribution in [0.5, 0.6) is 0 Å². The van der Waals surface area contributed by atoms with E-state index in [4.69, 9.17) is 9.73 Å². The second-order valence-corrected chi connectivity index (χ2v) is 6.88. The summed E-state index contributed by atoms with van der Waals surface area (Å²) in [5, 5.41) is 0. The van der Waals surface area contributed by atoms with Crippen LogP contribution in [0.25, 0.3) is 5.70 Å². The molecule has 1 N–H and O–H groups in total. The van der Waals surface area contributed by atoms with Crippen LogP contribution in [-0.2, 0) is 4.74 Å². The summed E-state index contributed by atoms with van der Waals surface area (Å²) in [6, 6.07) is 4.12. The number of aromatic amines is 1. The molecule has 2 aliphatic heterocycles. The van der Waals surface area contributed by atoms with E-state index in [-0.39, 0.29) is 6.10 Å². The van der Waals surface area contributed by atoms with E-state index in [1.807, 2.05) is 19.2 Å². The number of nitrogens with one attached hydrogen (secondary N) is 1. The smallest absolute Gasteiger partial charge is 0.120 e. The van der Waals surface area contributed by atoms with E-state index in [1.165, 1.54) is 30.5 Å². The Morgan fingerprint density at radius 2 is 2.08 bits per heavy atom. The number of aliphatic imine (C=N–C) groups is 1. The maximum absolute atomic E-state index is 6.04. The summed E-state index contributed by atoms with van der Waals surface area (Å²) in [7, 11) is 2.11. The lowest BCUT2D eigenvalue weighted by Crippen LogP contribution is -2.20. The molecule has 1 atom stereocenters. The monoisotopic (exact) mass is 353 g/mol. The van der Waals surface area contributed by atoms with E-state index >= 15 is 0 Å². The average Bonchev–Trinajstić information content (AvgIpc) is 3.35. The third-order valence-corrected chi connectivity index (χ3v) is 5.11. The van der Waals surface area contributed by atoms with E-state index in [0.717, 1.165) is 35.6 Å². The first-order valence-corrected chi connectivity index (χ1v) is 9.93. The first-order chi connectivity index (χ1) is 12.7. The highest BCUT2D eigenvalue weighted by Gasteiger charge is 2.32. The van der Waals surface area contributed by atoms with Gasteiger partial charge in [-0.2, -0.15) is 0 Å². The van der Waals surface area contributed by atoms with Crippen molar-refractivity contribution in [1.82, 2.24) is 9.88 Å². The number of H-pyrrole nitrogens is 1. The number of hydrogen-bond donors (Lipinski definition) is 1. The van der Waals surface area contributed by atoms with E-state index in [9.17, 15) is 0 Å². The number of likely N-dealkylation sites (N-methyl/N-ethyl adjacent to an activating group) is 1. The summed E-state index contributed by atoms with van der Waals surface area (Å²) >= 11 is 0. The van der Waals surface area contributed by atoms with Gasteiger partial charge in [0.05, 0.1) is 22.8 Å². The van der Waals surface area contributed by atoms with Crippen LogP contribution in [0.4, 0.5) is 0 Å². The van der Waals surface area contributed by atoms with E-state index in [1.54, 1.807) is 0 Å². The summed E-state index contributed by atoms with van der Waals surface area (Å²) < 4.78 is 6.04. The minimum atomic E-state index is -0.0496. The van der Waals surface area contributed by atoms with Crippen molar-refractivity contribution >= 4 is 11.4 Å². The normalized spacial score (nSPS) is 22.7. The van der Waals surface area contributed by atoms with Crippen LogP contribution in [-0.4, -0.2) is 35.4 Å². The Morgan fingerprint density at radius 1 is 1.23 bits per heavy atom. The van der Waals surface area contributed by atoms with Gasteiger partial charge in [-0.15, -0.1) is 0 Å². The van der Waals surface area contributed by atoms with Crippen molar-refractivity contribution in [2.75, 3.05) is 13.7 Å². The summed E-state index contributed by atoms with van der Waals surface area (Å²) in [4.78, 5) is 10.5.